The summed E-state index contributed by atoms with van der Waals surface area (Å²) in [4.78, 5) is 16.9. The number of anilines is 1. The molecule has 2 aromatic rings. The van der Waals surface area contributed by atoms with Crippen molar-refractivity contribution < 1.29 is 13.9 Å². The lowest BCUT2D eigenvalue weighted by Gasteiger charge is -2.31. The van der Waals surface area contributed by atoms with Gasteiger partial charge in [-0.05, 0) is 62.9 Å². The lowest BCUT2D eigenvalue weighted by Crippen LogP contribution is -2.42. The van der Waals surface area contributed by atoms with Gasteiger partial charge in [0.2, 0.25) is 0 Å². The number of piperidine rings is 1. The van der Waals surface area contributed by atoms with Crippen molar-refractivity contribution in [2.75, 3.05) is 18.0 Å². The fourth-order valence-corrected chi connectivity index (χ4v) is 4.95. The molecule has 8 heteroatoms. The molecule has 2 fully saturated rings. The Morgan fingerprint density at radius 1 is 1.32 bits per heavy atom. The van der Waals surface area contributed by atoms with Gasteiger partial charge in [0, 0.05) is 37.2 Å². The third-order valence-corrected chi connectivity index (χ3v) is 6.32. The molecule has 1 aromatic carbocycles. The molecule has 7 nitrogen and oxygen atoms in total. The van der Waals surface area contributed by atoms with E-state index in [2.05, 4.69) is 28.9 Å². The normalized spacial score (nSPS) is 21.2. The zero-order valence-corrected chi connectivity index (χ0v) is 20.5. The van der Waals surface area contributed by atoms with Crippen molar-refractivity contribution in [1.29, 1.82) is 5.26 Å². The number of rotatable bonds is 6. The van der Waals surface area contributed by atoms with Crippen LogP contribution in [0.3, 0.4) is 0 Å². The Bertz CT molecular complexity index is 1080. The molecule has 1 amide bonds. The summed E-state index contributed by atoms with van der Waals surface area (Å²) in [6.45, 7) is 11.4. The molecule has 0 spiro atoms. The monoisotopic (exact) mass is 465 g/mol. The second kappa shape index (κ2) is 9.21. The van der Waals surface area contributed by atoms with E-state index in [0.29, 0.717) is 36.9 Å². The largest absolute Gasteiger partial charge is 0.444 e. The summed E-state index contributed by atoms with van der Waals surface area (Å²) in [6.07, 6.45) is 1.99. The number of nitriles is 1. The number of aromatic nitrogens is 2. The molecule has 1 saturated heterocycles. The summed E-state index contributed by atoms with van der Waals surface area (Å²) in [5.74, 6) is 0.380. The predicted octanol–water partition coefficient (Wildman–Crippen LogP) is 4.56. The minimum atomic E-state index is -0.607. The van der Waals surface area contributed by atoms with Crippen molar-refractivity contribution in [3.63, 3.8) is 0 Å². The number of halogens is 1. The van der Waals surface area contributed by atoms with Crippen LogP contribution in [0.25, 0.3) is 0 Å². The van der Waals surface area contributed by atoms with Crippen molar-refractivity contribution in [3.05, 3.63) is 53.1 Å². The fraction of sp³-hybridized carbons (Fsp3) is 0.538. The van der Waals surface area contributed by atoms with Gasteiger partial charge < -0.3 is 9.64 Å². The number of nitrogens with zero attached hydrogens (tertiary/aromatic N) is 5. The van der Waals surface area contributed by atoms with Gasteiger partial charge in [0.15, 0.2) is 0 Å². The van der Waals surface area contributed by atoms with Crippen molar-refractivity contribution in [1.82, 2.24) is 15.1 Å². The van der Waals surface area contributed by atoms with Crippen LogP contribution in [0.2, 0.25) is 0 Å². The molecule has 1 aromatic heterocycles. The minimum Gasteiger partial charge on any atom is -0.444 e. The van der Waals surface area contributed by atoms with E-state index in [0.717, 1.165) is 12.0 Å². The number of carbonyl (C=O) groups is 1. The van der Waals surface area contributed by atoms with E-state index < -0.39 is 11.4 Å². The molecule has 1 aliphatic heterocycles. The van der Waals surface area contributed by atoms with E-state index in [-0.39, 0.29) is 29.5 Å². The Morgan fingerprint density at radius 2 is 2.03 bits per heavy atom. The fourth-order valence-electron chi connectivity index (χ4n) is 4.95. The molecule has 2 unspecified atom stereocenters. The Hall–Kier alpha value is -3.21. The summed E-state index contributed by atoms with van der Waals surface area (Å²) in [6, 6.07) is 9.13. The number of hydrogen-bond acceptors (Lipinski definition) is 6. The molecule has 0 radical (unpaired) electrons. The van der Waals surface area contributed by atoms with Gasteiger partial charge in [0.1, 0.15) is 23.1 Å². The maximum atomic E-state index is 14.7. The van der Waals surface area contributed by atoms with Gasteiger partial charge in [-0.15, -0.1) is 0 Å². The van der Waals surface area contributed by atoms with Gasteiger partial charge in [-0.2, -0.15) is 15.5 Å². The van der Waals surface area contributed by atoms with Crippen LogP contribution in [0.5, 0.6) is 0 Å². The van der Waals surface area contributed by atoms with Gasteiger partial charge in [0.05, 0.1) is 17.9 Å². The first kappa shape index (κ1) is 23.9. The van der Waals surface area contributed by atoms with Crippen molar-refractivity contribution in [2.24, 2.45) is 17.8 Å². The van der Waals surface area contributed by atoms with Crippen LogP contribution in [-0.2, 0) is 17.7 Å². The highest BCUT2D eigenvalue weighted by Gasteiger charge is 2.60. The molecule has 4 rings (SSSR count). The number of hydrogen-bond donors (Lipinski definition) is 0. The molecule has 180 valence electrons. The van der Waals surface area contributed by atoms with E-state index in [1.807, 2.05) is 39.0 Å². The van der Waals surface area contributed by atoms with Crippen molar-refractivity contribution in [3.8, 4) is 6.07 Å². The summed E-state index contributed by atoms with van der Waals surface area (Å²) >= 11 is 0. The summed E-state index contributed by atoms with van der Waals surface area (Å²) in [5, 5.41) is 17.7. The molecule has 34 heavy (non-hydrogen) atoms. The van der Waals surface area contributed by atoms with Gasteiger partial charge >= 0.3 is 6.09 Å². The smallest absolute Gasteiger partial charge is 0.410 e. The lowest BCUT2D eigenvalue weighted by atomic mass is 9.99. The van der Waals surface area contributed by atoms with Crippen LogP contribution in [0.15, 0.2) is 30.5 Å². The van der Waals surface area contributed by atoms with Gasteiger partial charge in [0.25, 0.3) is 0 Å². The molecule has 2 aliphatic rings. The average molecular weight is 466 g/mol. The zero-order chi connectivity index (χ0) is 24.6. The van der Waals surface area contributed by atoms with Crippen LogP contribution in [0, 0.1) is 34.9 Å². The van der Waals surface area contributed by atoms with Crippen LogP contribution >= 0.6 is 0 Å². The third-order valence-electron chi connectivity index (χ3n) is 6.32. The summed E-state index contributed by atoms with van der Waals surface area (Å²) in [5.41, 5.74) is 1.74. The Kier molecular flexibility index (Phi) is 6.48. The number of carbonyl (C=O) groups excluding carboxylic acids is 1. The Morgan fingerprint density at radius 3 is 2.59 bits per heavy atom. The molecule has 0 N–H and O–H groups in total. The van der Waals surface area contributed by atoms with Gasteiger partial charge in [-0.1, -0.05) is 13.8 Å². The van der Waals surface area contributed by atoms with Crippen molar-refractivity contribution >= 4 is 11.8 Å². The highest BCUT2D eigenvalue weighted by atomic mass is 19.1. The molecule has 1 aliphatic carbocycles. The standard InChI is InChI=1S/C26H32FN5O2/c1-16(2)9-17-10-22(27)19(12-28)23(11-17)31-14-20-21(15-31)24(20)32(25(33)34-26(3,4)5)13-18-7-6-8-29-30-18/h6-8,10-11,16,20-21,24H,9,13-15H2,1-5H3. The van der Waals surface area contributed by atoms with Gasteiger partial charge in [-0.3, -0.25) is 4.90 Å². The predicted molar refractivity (Wildman–Crippen MR) is 126 cm³/mol. The Labute approximate surface area is 200 Å². The molecular formula is C26H32FN5O2. The minimum absolute atomic E-state index is 0.0161. The SMILES string of the molecule is CC(C)Cc1cc(F)c(C#N)c(N2CC3C(C2)C3N(Cc2cccnn2)C(=O)OC(C)(C)C)c1. The van der Waals surface area contributed by atoms with Gasteiger partial charge in [-0.25, -0.2) is 9.18 Å². The molecular weight excluding hydrogens is 433 g/mol. The van der Waals surface area contributed by atoms with E-state index in [1.165, 1.54) is 6.07 Å². The molecule has 2 heterocycles. The topological polar surface area (TPSA) is 82.4 Å². The summed E-state index contributed by atoms with van der Waals surface area (Å²) < 4.78 is 20.4. The second-order valence-electron chi connectivity index (χ2n) is 10.7. The van der Waals surface area contributed by atoms with E-state index in [1.54, 1.807) is 17.2 Å². The van der Waals surface area contributed by atoms with Crippen LogP contribution in [0.1, 0.15) is 51.4 Å². The molecule has 1 saturated carbocycles. The maximum Gasteiger partial charge on any atom is 0.410 e. The van der Waals surface area contributed by atoms with E-state index in [4.69, 9.17) is 4.74 Å². The number of amides is 1. The highest BCUT2D eigenvalue weighted by Crippen LogP contribution is 2.51. The Balaban J connectivity index is 1.53. The number of benzene rings is 1. The second-order valence-corrected chi connectivity index (χ2v) is 10.7. The first-order valence-corrected chi connectivity index (χ1v) is 11.8. The average Bonchev–Trinajstić information content (AvgIpc) is 3.21. The summed E-state index contributed by atoms with van der Waals surface area (Å²) in [7, 11) is 0. The first-order valence-electron chi connectivity index (χ1n) is 11.8. The quantitative estimate of drug-likeness (QED) is 0.622. The number of fused-ring (bicyclic) bond motifs is 1. The highest BCUT2D eigenvalue weighted by molar-refractivity contribution is 5.70. The molecule has 2 atom stereocenters. The first-order chi connectivity index (χ1) is 16.1. The molecule has 0 bridgehead atoms. The van der Waals surface area contributed by atoms with E-state index >= 15 is 0 Å². The van der Waals surface area contributed by atoms with Crippen LogP contribution < -0.4 is 4.90 Å². The van der Waals surface area contributed by atoms with Crippen LogP contribution in [-0.4, -0.2) is 45.9 Å². The van der Waals surface area contributed by atoms with Crippen LogP contribution in [0.4, 0.5) is 14.9 Å². The maximum absolute atomic E-state index is 14.7. The van der Waals surface area contributed by atoms with E-state index in [9.17, 15) is 14.4 Å². The lowest BCUT2D eigenvalue weighted by molar-refractivity contribution is 0.0192. The zero-order valence-electron chi connectivity index (χ0n) is 20.5. The number of ether oxygens (including phenoxy) is 1. The third kappa shape index (κ3) is 5.14. The van der Waals surface area contributed by atoms with Crippen molar-refractivity contribution in [2.45, 2.75) is 59.2 Å².